The molecule has 0 aromatic heterocycles. The van der Waals surface area contributed by atoms with Crippen molar-refractivity contribution in [2.45, 2.75) is 18.9 Å². The van der Waals surface area contributed by atoms with Gasteiger partial charge < -0.3 is 15.8 Å². The van der Waals surface area contributed by atoms with E-state index < -0.39 is 6.04 Å². The van der Waals surface area contributed by atoms with E-state index in [4.69, 9.17) is 10.5 Å². The predicted molar refractivity (Wildman–Crippen MR) is 71.8 cm³/mol. The van der Waals surface area contributed by atoms with Crippen molar-refractivity contribution < 1.29 is 14.3 Å². The number of benzene rings is 1. The van der Waals surface area contributed by atoms with Crippen molar-refractivity contribution in [3.63, 3.8) is 0 Å². The summed E-state index contributed by atoms with van der Waals surface area (Å²) in [5.74, 6) is 0.280. The van der Waals surface area contributed by atoms with E-state index >= 15 is 0 Å². The SMILES string of the molecule is COc1ccc(NC2CCC(=O)N(C)C2=O)c(N)c1. The molecule has 0 saturated carbocycles. The van der Waals surface area contributed by atoms with Gasteiger partial charge in [0.25, 0.3) is 5.91 Å². The van der Waals surface area contributed by atoms with Crippen molar-refractivity contribution in [1.82, 2.24) is 4.90 Å². The summed E-state index contributed by atoms with van der Waals surface area (Å²) in [6.07, 6.45) is 0.837. The third-order valence-corrected chi connectivity index (χ3v) is 3.24. The molecule has 0 aliphatic carbocycles. The van der Waals surface area contributed by atoms with E-state index in [1.807, 2.05) is 0 Å². The third kappa shape index (κ3) is 2.62. The molecule has 1 saturated heterocycles. The highest BCUT2D eigenvalue weighted by molar-refractivity contribution is 6.01. The van der Waals surface area contributed by atoms with Gasteiger partial charge in [0.05, 0.1) is 18.5 Å². The first-order valence-electron chi connectivity index (χ1n) is 6.03. The molecule has 1 fully saturated rings. The molecule has 6 heteroatoms. The van der Waals surface area contributed by atoms with Gasteiger partial charge in [-0.3, -0.25) is 14.5 Å². The smallest absolute Gasteiger partial charge is 0.251 e. The molecule has 1 aliphatic heterocycles. The molecule has 1 unspecified atom stereocenters. The Labute approximate surface area is 111 Å². The maximum Gasteiger partial charge on any atom is 0.251 e. The summed E-state index contributed by atoms with van der Waals surface area (Å²) in [6.45, 7) is 0. The van der Waals surface area contributed by atoms with Crippen LogP contribution in [0, 0.1) is 0 Å². The van der Waals surface area contributed by atoms with Gasteiger partial charge in [0.15, 0.2) is 0 Å². The molecule has 1 heterocycles. The highest BCUT2D eigenvalue weighted by atomic mass is 16.5. The topological polar surface area (TPSA) is 84.7 Å². The predicted octanol–water partition coefficient (Wildman–Crippen LogP) is 0.837. The first-order valence-corrected chi connectivity index (χ1v) is 6.03. The van der Waals surface area contributed by atoms with Gasteiger partial charge in [-0.25, -0.2) is 0 Å². The Bertz CT molecular complexity index is 516. The minimum absolute atomic E-state index is 0.147. The number of nitrogens with zero attached hydrogens (tertiary/aromatic N) is 1. The van der Waals surface area contributed by atoms with Crippen molar-refractivity contribution in [3.8, 4) is 5.75 Å². The van der Waals surface area contributed by atoms with Crippen LogP contribution in [0.4, 0.5) is 11.4 Å². The Morgan fingerprint density at radius 1 is 1.42 bits per heavy atom. The standard InChI is InChI=1S/C13H17N3O3/c1-16-12(17)6-5-11(13(16)18)15-10-4-3-8(19-2)7-9(10)14/h3-4,7,11,15H,5-6,14H2,1-2H3. The van der Waals surface area contributed by atoms with Gasteiger partial charge in [-0.05, 0) is 18.6 Å². The summed E-state index contributed by atoms with van der Waals surface area (Å²) >= 11 is 0. The number of hydrogen-bond acceptors (Lipinski definition) is 5. The lowest BCUT2D eigenvalue weighted by Crippen LogP contribution is -2.48. The molecule has 0 spiro atoms. The normalized spacial score (nSPS) is 19.5. The average molecular weight is 263 g/mol. The van der Waals surface area contributed by atoms with Gasteiger partial charge in [-0.1, -0.05) is 0 Å². The van der Waals surface area contributed by atoms with Crippen LogP contribution in [-0.4, -0.2) is 36.9 Å². The lowest BCUT2D eigenvalue weighted by atomic mass is 10.0. The monoisotopic (exact) mass is 263 g/mol. The Morgan fingerprint density at radius 3 is 2.79 bits per heavy atom. The molecule has 1 aromatic carbocycles. The van der Waals surface area contributed by atoms with E-state index in [1.54, 1.807) is 25.3 Å². The molecule has 6 nitrogen and oxygen atoms in total. The second-order valence-corrected chi connectivity index (χ2v) is 4.48. The summed E-state index contributed by atoms with van der Waals surface area (Å²) in [5, 5.41) is 3.08. The maximum absolute atomic E-state index is 12.0. The fraction of sp³-hybridized carbons (Fsp3) is 0.385. The van der Waals surface area contributed by atoms with Gasteiger partial charge in [0.2, 0.25) is 5.91 Å². The van der Waals surface area contributed by atoms with Crippen LogP contribution in [0.1, 0.15) is 12.8 Å². The lowest BCUT2D eigenvalue weighted by Gasteiger charge is -2.29. The van der Waals surface area contributed by atoms with Crippen LogP contribution < -0.4 is 15.8 Å². The highest BCUT2D eigenvalue weighted by Gasteiger charge is 2.31. The number of likely N-dealkylation sites (tertiary alicyclic amines) is 1. The van der Waals surface area contributed by atoms with Gasteiger partial charge in [-0.15, -0.1) is 0 Å². The summed E-state index contributed by atoms with van der Waals surface area (Å²) in [4.78, 5) is 24.5. The number of anilines is 2. The summed E-state index contributed by atoms with van der Waals surface area (Å²) in [5.41, 5.74) is 7.06. The van der Waals surface area contributed by atoms with Gasteiger partial charge in [0.1, 0.15) is 11.8 Å². The molecule has 1 aromatic rings. The molecule has 1 aliphatic rings. The van der Waals surface area contributed by atoms with Crippen molar-refractivity contribution in [3.05, 3.63) is 18.2 Å². The first kappa shape index (κ1) is 13.2. The summed E-state index contributed by atoms with van der Waals surface area (Å²) in [7, 11) is 3.06. The number of piperidine rings is 1. The Hall–Kier alpha value is -2.24. The van der Waals surface area contributed by atoms with Gasteiger partial charge in [-0.2, -0.15) is 0 Å². The second-order valence-electron chi connectivity index (χ2n) is 4.48. The number of nitrogens with two attached hydrogens (primary N) is 1. The number of methoxy groups -OCH3 is 1. The molecule has 0 bridgehead atoms. The van der Waals surface area contributed by atoms with E-state index in [-0.39, 0.29) is 11.8 Å². The molecule has 2 rings (SSSR count). The summed E-state index contributed by atoms with van der Waals surface area (Å²) < 4.78 is 5.06. The third-order valence-electron chi connectivity index (χ3n) is 3.24. The number of amides is 2. The number of carbonyl (C=O) groups is 2. The number of ether oxygens (including phenoxy) is 1. The van der Waals surface area contributed by atoms with Gasteiger partial charge >= 0.3 is 0 Å². The Kier molecular flexibility index (Phi) is 3.59. The molecule has 102 valence electrons. The number of imide groups is 1. The van der Waals surface area contributed by atoms with E-state index in [9.17, 15) is 9.59 Å². The van der Waals surface area contributed by atoms with Crippen molar-refractivity contribution in [2.24, 2.45) is 0 Å². The van der Waals surface area contributed by atoms with Crippen LogP contribution in [-0.2, 0) is 9.59 Å². The van der Waals surface area contributed by atoms with Crippen LogP contribution in [0.25, 0.3) is 0 Å². The summed E-state index contributed by atoms with van der Waals surface area (Å²) in [6, 6.07) is 4.79. The fourth-order valence-electron chi connectivity index (χ4n) is 2.04. The molecular formula is C13H17N3O3. The highest BCUT2D eigenvalue weighted by Crippen LogP contribution is 2.26. The van der Waals surface area contributed by atoms with Crippen LogP contribution in [0.5, 0.6) is 5.75 Å². The molecule has 1 atom stereocenters. The van der Waals surface area contributed by atoms with E-state index in [0.29, 0.717) is 30.0 Å². The van der Waals surface area contributed by atoms with Crippen molar-refractivity contribution >= 4 is 23.2 Å². The number of likely N-dealkylation sites (N-methyl/N-ethyl adjacent to an activating group) is 1. The van der Waals surface area contributed by atoms with Crippen LogP contribution in [0.15, 0.2) is 18.2 Å². The minimum atomic E-state index is -0.418. The van der Waals surface area contributed by atoms with Crippen molar-refractivity contribution in [1.29, 1.82) is 0 Å². The van der Waals surface area contributed by atoms with E-state index in [2.05, 4.69) is 5.32 Å². The lowest BCUT2D eigenvalue weighted by molar-refractivity contribution is -0.146. The Balaban J connectivity index is 2.13. The van der Waals surface area contributed by atoms with E-state index in [1.165, 1.54) is 7.05 Å². The van der Waals surface area contributed by atoms with Crippen LogP contribution in [0.2, 0.25) is 0 Å². The largest absolute Gasteiger partial charge is 0.497 e. The zero-order valence-corrected chi connectivity index (χ0v) is 11.0. The minimum Gasteiger partial charge on any atom is -0.497 e. The zero-order valence-electron chi connectivity index (χ0n) is 11.0. The van der Waals surface area contributed by atoms with Crippen molar-refractivity contribution in [2.75, 3.05) is 25.2 Å². The maximum atomic E-state index is 12.0. The number of hydrogen-bond donors (Lipinski definition) is 2. The molecule has 2 amide bonds. The number of nitrogen functional groups attached to an aromatic ring is 1. The number of rotatable bonds is 3. The zero-order chi connectivity index (χ0) is 14.0. The molecule has 0 radical (unpaired) electrons. The van der Waals surface area contributed by atoms with E-state index in [0.717, 1.165) is 4.90 Å². The quantitative estimate of drug-likeness (QED) is 0.623. The van der Waals surface area contributed by atoms with Crippen LogP contribution >= 0.6 is 0 Å². The Morgan fingerprint density at radius 2 is 2.16 bits per heavy atom. The molecule has 19 heavy (non-hydrogen) atoms. The second kappa shape index (κ2) is 5.17. The number of nitrogens with one attached hydrogen (secondary N) is 1. The average Bonchev–Trinajstić information content (AvgIpc) is 2.41. The van der Waals surface area contributed by atoms with Crippen LogP contribution in [0.3, 0.4) is 0 Å². The fourth-order valence-corrected chi connectivity index (χ4v) is 2.04. The molecule has 3 N–H and O–H groups in total. The first-order chi connectivity index (χ1) is 9.02. The molecular weight excluding hydrogens is 246 g/mol. The number of carbonyl (C=O) groups excluding carboxylic acids is 2. The van der Waals surface area contributed by atoms with Gasteiger partial charge in [0, 0.05) is 19.5 Å².